The highest BCUT2D eigenvalue weighted by Crippen LogP contribution is 2.22. The van der Waals surface area contributed by atoms with Gasteiger partial charge in [-0.2, -0.15) is 4.37 Å². The normalized spacial score (nSPS) is 10.5. The van der Waals surface area contributed by atoms with E-state index in [4.69, 9.17) is 9.84 Å². The highest BCUT2D eigenvalue weighted by atomic mass is 32.1. The van der Waals surface area contributed by atoms with Crippen molar-refractivity contribution >= 4 is 11.5 Å². The van der Waals surface area contributed by atoms with E-state index in [1.54, 1.807) is 0 Å². The molecule has 0 bridgehead atoms. The Kier molecular flexibility index (Phi) is 4.23. The van der Waals surface area contributed by atoms with Gasteiger partial charge in [-0.05, 0) is 41.4 Å². The van der Waals surface area contributed by atoms with Gasteiger partial charge in [0.1, 0.15) is 17.4 Å². The van der Waals surface area contributed by atoms with E-state index in [2.05, 4.69) is 9.36 Å². The number of hydrogen-bond donors (Lipinski definition) is 1. The Labute approximate surface area is 126 Å². The Morgan fingerprint density at radius 3 is 2.43 bits per heavy atom. The molecule has 0 aliphatic rings. The molecule has 0 aliphatic heterocycles. The molecule has 0 saturated carbocycles. The summed E-state index contributed by atoms with van der Waals surface area (Å²) in [6.07, 6.45) is 0. The second-order valence-electron chi connectivity index (χ2n) is 4.47. The van der Waals surface area contributed by atoms with Gasteiger partial charge in [-0.15, -0.1) is 0 Å². The number of rotatable bonds is 5. The molecular formula is C16H14N2O2S. The molecule has 5 heteroatoms. The van der Waals surface area contributed by atoms with Crippen molar-refractivity contribution in [1.82, 2.24) is 9.36 Å². The summed E-state index contributed by atoms with van der Waals surface area (Å²) in [5.74, 6) is 1.44. The predicted molar refractivity (Wildman–Crippen MR) is 82.0 cm³/mol. The van der Waals surface area contributed by atoms with E-state index in [1.807, 2.05) is 54.6 Å². The van der Waals surface area contributed by atoms with Gasteiger partial charge >= 0.3 is 0 Å². The van der Waals surface area contributed by atoms with E-state index in [0.717, 1.165) is 16.9 Å². The van der Waals surface area contributed by atoms with Crippen molar-refractivity contribution in [2.75, 3.05) is 0 Å². The number of ether oxygens (including phenoxy) is 1. The standard InChI is InChI=1S/C16H14N2O2S/c19-10-15-17-16(18-21-15)13-6-8-14(9-7-13)20-11-12-4-2-1-3-5-12/h1-9,19H,10-11H2. The molecule has 0 radical (unpaired) electrons. The molecule has 4 nitrogen and oxygen atoms in total. The zero-order chi connectivity index (χ0) is 14.5. The van der Waals surface area contributed by atoms with Crippen molar-refractivity contribution in [2.24, 2.45) is 0 Å². The second kappa shape index (κ2) is 6.47. The molecule has 3 rings (SSSR count). The Hall–Kier alpha value is -2.24. The summed E-state index contributed by atoms with van der Waals surface area (Å²) in [6, 6.07) is 17.7. The van der Waals surface area contributed by atoms with Gasteiger partial charge in [-0.1, -0.05) is 30.3 Å². The van der Waals surface area contributed by atoms with Crippen LogP contribution in [0.25, 0.3) is 11.4 Å². The summed E-state index contributed by atoms with van der Waals surface area (Å²) in [5.41, 5.74) is 2.05. The number of nitrogens with zero attached hydrogens (tertiary/aromatic N) is 2. The van der Waals surface area contributed by atoms with Gasteiger partial charge < -0.3 is 9.84 Å². The van der Waals surface area contributed by atoms with Crippen LogP contribution in [0.1, 0.15) is 10.6 Å². The van der Waals surface area contributed by atoms with Crippen LogP contribution in [-0.4, -0.2) is 14.5 Å². The second-order valence-corrected chi connectivity index (χ2v) is 5.30. The number of benzene rings is 2. The largest absolute Gasteiger partial charge is 0.489 e. The number of aliphatic hydroxyl groups is 1. The van der Waals surface area contributed by atoms with Crippen LogP contribution in [0.4, 0.5) is 0 Å². The summed E-state index contributed by atoms with van der Waals surface area (Å²) in [5, 5.41) is 9.63. The van der Waals surface area contributed by atoms with Crippen LogP contribution in [-0.2, 0) is 13.2 Å². The fourth-order valence-corrected chi connectivity index (χ4v) is 2.40. The SMILES string of the molecule is OCc1nc(-c2ccc(OCc3ccccc3)cc2)ns1. The van der Waals surface area contributed by atoms with Crippen molar-refractivity contribution in [1.29, 1.82) is 0 Å². The molecule has 0 fully saturated rings. The average Bonchev–Trinajstić information content (AvgIpc) is 3.03. The van der Waals surface area contributed by atoms with Crippen LogP contribution in [0.15, 0.2) is 54.6 Å². The monoisotopic (exact) mass is 298 g/mol. The molecule has 0 saturated heterocycles. The van der Waals surface area contributed by atoms with Crippen LogP contribution in [0.3, 0.4) is 0 Å². The summed E-state index contributed by atoms with van der Waals surface area (Å²) >= 11 is 1.21. The van der Waals surface area contributed by atoms with Gasteiger partial charge in [0, 0.05) is 5.56 Å². The molecule has 1 heterocycles. The summed E-state index contributed by atoms with van der Waals surface area (Å²) in [4.78, 5) is 4.24. The third-order valence-corrected chi connectivity index (χ3v) is 3.66. The maximum absolute atomic E-state index is 9.01. The van der Waals surface area contributed by atoms with E-state index in [1.165, 1.54) is 11.5 Å². The lowest BCUT2D eigenvalue weighted by molar-refractivity contribution is 0.281. The van der Waals surface area contributed by atoms with E-state index in [9.17, 15) is 0 Å². The molecule has 0 spiro atoms. The van der Waals surface area contributed by atoms with E-state index in [-0.39, 0.29) is 6.61 Å². The fourth-order valence-electron chi connectivity index (χ4n) is 1.88. The van der Waals surface area contributed by atoms with Crippen molar-refractivity contribution < 1.29 is 9.84 Å². The molecule has 0 atom stereocenters. The Bertz CT molecular complexity index is 696. The maximum atomic E-state index is 9.01. The zero-order valence-corrected chi connectivity index (χ0v) is 12.1. The van der Waals surface area contributed by atoms with Gasteiger partial charge in [0.05, 0.1) is 6.61 Å². The molecule has 2 aromatic carbocycles. The third-order valence-electron chi connectivity index (χ3n) is 2.96. The number of hydrogen-bond acceptors (Lipinski definition) is 5. The first kappa shape index (κ1) is 13.7. The lowest BCUT2D eigenvalue weighted by atomic mass is 10.2. The zero-order valence-electron chi connectivity index (χ0n) is 11.3. The Balaban J connectivity index is 1.66. The summed E-state index contributed by atoms with van der Waals surface area (Å²) in [6.45, 7) is 0.472. The molecule has 1 aromatic heterocycles. The topological polar surface area (TPSA) is 55.2 Å². The lowest BCUT2D eigenvalue weighted by Gasteiger charge is -2.06. The molecule has 106 valence electrons. The Morgan fingerprint density at radius 1 is 1.00 bits per heavy atom. The molecule has 0 aliphatic carbocycles. The Morgan fingerprint density at radius 2 is 1.76 bits per heavy atom. The number of aliphatic hydroxyl groups excluding tert-OH is 1. The van der Waals surface area contributed by atoms with E-state index < -0.39 is 0 Å². The first-order chi connectivity index (χ1) is 10.3. The van der Waals surface area contributed by atoms with Crippen molar-refractivity contribution in [2.45, 2.75) is 13.2 Å². The van der Waals surface area contributed by atoms with Crippen LogP contribution in [0.5, 0.6) is 5.75 Å². The minimum atomic E-state index is -0.0735. The van der Waals surface area contributed by atoms with Crippen LogP contribution < -0.4 is 4.74 Å². The maximum Gasteiger partial charge on any atom is 0.173 e. The third kappa shape index (κ3) is 3.45. The van der Waals surface area contributed by atoms with Crippen molar-refractivity contribution in [3.63, 3.8) is 0 Å². The van der Waals surface area contributed by atoms with E-state index >= 15 is 0 Å². The van der Waals surface area contributed by atoms with Gasteiger partial charge in [-0.25, -0.2) is 4.98 Å². The van der Waals surface area contributed by atoms with Gasteiger partial charge in [0.25, 0.3) is 0 Å². The first-order valence-corrected chi connectivity index (χ1v) is 7.33. The minimum Gasteiger partial charge on any atom is -0.489 e. The highest BCUT2D eigenvalue weighted by Gasteiger charge is 2.06. The van der Waals surface area contributed by atoms with Crippen LogP contribution >= 0.6 is 11.5 Å². The molecule has 0 amide bonds. The van der Waals surface area contributed by atoms with Crippen LogP contribution in [0, 0.1) is 0 Å². The molecule has 1 N–H and O–H groups in total. The first-order valence-electron chi connectivity index (χ1n) is 6.56. The fraction of sp³-hybridized carbons (Fsp3) is 0.125. The molecule has 21 heavy (non-hydrogen) atoms. The molecular weight excluding hydrogens is 284 g/mol. The van der Waals surface area contributed by atoms with Gasteiger partial charge in [-0.3, -0.25) is 0 Å². The van der Waals surface area contributed by atoms with E-state index in [0.29, 0.717) is 17.4 Å². The van der Waals surface area contributed by atoms with Crippen molar-refractivity contribution in [3.05, 3.63) is 65.2 Å². The molecule has 0 unspecified atom stereocenters. The number of aromatic nitrogens is 2. The van der Waals surface area contributed by atoms with Gasteiger partial charge in [0.2, 0.25) is 0 Å². The highest BCUT2D eigenvalue weighted by molar-refractivity contribution is 7.05. The minimum absolute atomic E-state index is 0.0735. The predicted octanol–water partition coefficient (Wildman–Crippen LogP) is 3.28. The summed E-state index contributed by atoms with van der Waals surface area (Å²) in [7, 11) is 0. The average molecular weight is 298 g/mol. The smallest absolute Gasteiger partial charge is 0.173 e. The van der Waals surface area contributed by atoms with Crippen LogP contribution in [0.2, 0.25) is 0 Å². The molecule has 3 aromatic rings. The van der Waals surface area contributed by atoms with Crippen molar-refractivity contribution in [3.8, 4) is 17.1 Å². The van der Waals surface area contributed by atoms with Gasteiger partial charge in [0.15, 0.2) is 5.82 Å². The summed E-state index contributed by atoms with van der Waals surface area (Å²) < 4.78 is 9.94. The lowest BCUT2D eigenvalue weighted by Crippen LogP contribution is -1.94. The quantitative estimate of drug-likeness (QED) is 0.785.